The van der Waals surface area contributed by atoms with Gasteiger partial charge in [-0.3, -0.25) is 0 Å². The van der Waals surface area contributed by atoms with Gasteiger partial charge in [-0.25, -0.2) is 4.39 Å². The lowest BCUT2D eigenvalue weighted by atomic mass is 9.83. The van der Waals surface area contributed by atoms with Crippen molar-refractivity contribution in [2.24, 2.45) is 11.8 Å². The highest BCUT2D eigenvalue weighted by Gasteiger charge is 2.24. The quantitative estimate of drug-likeness (QED) is 0.473. The second kappa shape index (κ2) is 2.68. The first-order chi connectivity index (χ1) is 4.20. The van der Waals surface area contributed by atoms with Gasteiger partial charge in [0.15, 0.2) is 0 Å². The standard InChI is InChI=1S/C8H15F/c1-6-3-4-7(2)8(9)5-6/h6-8H,3-5H2,1-2H3/t6-,7+,8+/m0/s1. The monoisotopic (exact) mass is 130 g/mol. The van der Waals surface area contributed by atoms with Crippen LogP contribution < -0.4 is 0 Å². The molecule has 1 saturated carbocycles. The van der Waals surface area contributed by atoms with Crippen molar-refractivity contribution in [3.63, 3.8) is 0 Å². The Morgan fingerprint density at radius 3 is 2.33 bits per heavy atom. The van der Waals surface area contributed by atoms with Gasteiger partial charge in [0, 0.05) is 0 Å². The molecule has 0 amide bonds. The first-order valence-electron chi connectivity index (χ1n) is 3.84. The van der Waals surface area contributed by atoms with Crippen LogP contribution in [0, 0.1) is 11.8 Å². The Labute approximate surface area is 56.5 Å². The molecule has 0 spiro atoms. The first kappa shape index (κ1) is 7.04. The van der Waals surface area contributed by atoms with Gasteiger partial charge in [-0.1, -0.05) is 20.3 Å². The van der Waals surface area contributed by atoms with E-state index in [-0.39, 0.29) is 0 Å². The Kier molecular flexibility index (Phi) is 2.09. The second-order valence-corrected chi connectivity index (χ2v) is 3.41. The van der Waals surface area contributed by atoms with Gasteiger partial charge in [-0.15, -0.1) is 0 Å². The topological polar surface area (TPSA) is 0 Å². The van der Waals surface area contributed by atoms with Gasteiger partial charge in [0.2, 0.25) is 0 Å². The lowest BCUT2D eigenvalue weighted by Gasteiger charge is -2.26. The molecule has 1 aliphatic carbocycles. The van der Waals surface area contributed by atoms with E-state index in [1.165, 1.54) is 6.42 Å². The molecule has 0 radical (unpaired) electrons. The molecular formula is C8H15F. The van der Waals surface area contributed by atoms with Crippen molar-refractivity contribution in [1.29, 1.82) is 0 Å². The van der Waals surface area contributed by atoms with Crippen LogP contribution in [0.15, 0.2) is 0 Å². The number of hydrogen-bond acceptors (Lipinski definition) is 0. The molecule has 0 bridgehead atoms. The molecule has 0 aromatic heterocycles. The van der Waals surface area contributed by atoms with E-state index in [2.05, 4.69) is 6.92 Å². The van der Waals surface area contributed by atoms with Gasteiger partial charge in [-0.2, -0.15) is 0 Å². The summed E-state index contributed by atoms with van der Waals surface area (Å²) < 4.78 is 12.8. The van der Waals surface area contributed by atoms with E-state index in [0.717, 1.165) is 12.8 Å². The van der Waals surface area contributed by atoms with Crippen molar-refractivity contribution >= 4 is 0 Å². The molecule has 1 heteroatoms. The van der Waals surface area contributed by atoms with E-state index in [1.54, 1.807) is 0 Å². The highest BCUT2D eigenvalue weighted by molar-refractivity contribution is 4.74. The first-order valence-corrected chi connectivity index (χ1v) is 3.84. The van der Waals surface area contributed by atoms with Crippen LogP contribution in [0.5, 0.6) is 0 Å². The molecule has 0 aliphatic heterocycles. The lowest BCUT2D eigenvalue weighted by molar-refractivity contribution is 0.145. The van der Waals surface area contributed by atoms with Crippen LogP contribution in [-0.2, 0) is 0 Å². The zero-order valence-electron chi connectivity index (χ0n) is 6.23. The summed E-state index contributed by atoms with van der Waals surface area (Å²) in [7, 11) is 0. The molecule has 1 rings (SSSR count). The normalized spacial score (nSPS) is 45.0. The summed E-state index contributed by atoms with van der Waals surface area (Å²) in [6, 6.07) is 0. The third kappa shape index (κ3) is 1.67. The zero-order chi connectivity index (χ0) is 6.85. The van der Waals surface area contributed by atoms with Crippen LogP contribution in [0.1, 0.15) is 33.1 Å². The molecule has 0 aromatic carbocycles. The molecule has 54 valence electrons. The van der Waals surface area contributed by atoms with Crippen molar-refractivity contribution in [2.75, 3.05) is 0 Å². The van der Waals surface area contributed by atoms with E-state index >= 15 is 0 Å². The second-order valence-electron chi connectivity index (χ2n) is 3.41. The van der Waals surface area contributed by atoms with Crippen molar-refractivity contribution in [1.82, 2.24) is 0 Å². The molecule has 0 saturated heterocycles. The third-order valence-corrected chi connectivity index (χ3v) is 2.36. The van der Waals surface area contributed by atoms with Gasteiger partial charge < -0.3 is 0 Å². The Morgan fingerprint density at radius 1 is 1.22 bits per heavy atom. The SMILES string of the molecule is C[C@H]1CC[C@@H](C)[C@H](F)C1. The Balaban J connectivity index is 2.35. The number of alkyl halides is 1. The fraction of sp³-hybridized carbons (Fsp3) is 1.00. The van der Waals surface area contributed by atoms with Crippen LogP contribution in [0.3, 0.4) is 0 Å². The largest absolute Gasteiger partial charge is 0.247 e. The van der Waals surface area contributed by atoms with Crippen molar-refractivity contribution in [2.45, 2.75) is 39.3 Å². The smallest absolute Gasteiger partial charge is 0.103 e. The minimum atomic E-state index is -0.520. The lowest BCUT2D eigenvalue weighted by Crippen LogP contribution is -2.22. The molecule has 0 N–H and O–H groups in total. The van der Waals surface area contributed by atoms with Gasteiger partial charge in [0.25, 0.3) is 0 Å². The predicted octanol–water partition coefficient (Wildman–Crippen LogP) is 2.78. The molecule has 9 heavy (non-hydrogen) atoms. The summed E-state index contributed by atoms with van der Waals surface area (Å²) in [5.41, 5.74) is 0. The summed E-state index contributed by atoms with van der Waals surface area (Å²) in [6.45, 7) is 4.15. The molecule has 0 aromatic rings. The summed E-state index contributed by atoms with van der Waals surface area (Å²) in [4.78, 5) is 0. The maximum atomic E-state index is 12.8. The van der Waals surface area contributed by atoms with Crippen LogP contribution in [0.25, 0.3) is 0 Å². The summed E-state index contributed by atoms with van der Waals surface area (Å²) in [5.74, 6) is 0.942. The average molecular weight is 130 g/mol. The molecule has 0 unspecified atom stereocenters. The highest BCUT2D eigenvalue weighted by Crippen LogP contribution is 2.30. The highest BCUT2D eigenvalue weighted by atomic mass is 19.1. The molecular weight excluding hydrogens is 115 g/mol. The van der Waals surface area contributed by atoms with Crippen molar-refractivity contribution < 1.29 is 4.39 Å². The minimum Gasteiger partial charge on any atom is -0.247 e. The average Bonchev–Trinajstić information content (AvgIpc) is 1.80. The molecule has 3 atom stereocenters. The number of halogens is 1. The van der Waals surface area contributed by atoms with E-state index in [9.17, 15) is 4.39 Å². The number of hydrogen-bond donors (Lipinski definition) is 0. The van der Waals surface area contributed by atoms with Crippen LogP contribution >= 0.6 is 0 Å². The van der Waals surface area contributed by atoms with Gasteiger partial charge in [-0.05, 0) is 24.7 Å². The van der Waals surface area contributed by atoms with E-state index in [1.807, 2.05) is 6.92 Å². The summed E-state index contributed by atoms with van der Waals surface area (Å²) in [6.07, 6.45) is 2.58. The van der Waals surface area contributed by atoms with Crippen LogP contribution in [0.2, 0.25) is 0 Å². The maximum absolute atomic E-state index is 12.8. The Bertz CT molecular complexity index is 90.6. The van der Waals surface area contributed by atoms with Gasteiger partial charge >= 0.3 is 0 Å². The summed E-state index contributed by atoms with van der Waals surface area (Å²) in [5, 5.41) is 0. The molecule has 1 aliphatic rings. The van der Waals surface area contributed by atoms with E-state index in [4.69, 9.17) is 0 Å². The fourth-order valence-corrected chi connectivity index (χ4v) is 1.46. The maximum Gasteiger partial charge on any atom is 0.103 e. The van der Waals surface area contributed by atoms with E-state index < -0.39 is 6.17 Å². The zero-order valence-corrected chi connectivity index (χ0v) is 6.23. The Hall–Kier alpha value is -0.0700. The summed E-state index contributed by atoms with van der Waals surface area (Å²) >= 11 is 0. The fourth-order valence-electron chi connectivity index (χ4n) is 1.46. The van der Waals surface area contributed by atoms with Crippen molar-refractivity contribution in [3.05, 3.63) is 0 Å². The van der Waals surface area contributed by atoms with Gasteiger partial charge in [0.1, 0.15) is 6.17 Å². The van der Waals surface area contributed by atoms with Crippen molar-refractivity contribution in [3.8, 4) is 0 Å². The molecule has 0 heterocycles. The van der Waals surface area contributed by atoms with E-state index in [0.29, 0.717) is 11.8 Å². The minimum absolute atomic E-state index is 0.321. The molecule has 0 nitrogen and oxygen atoms in total. The molecule has 1 fully saturated rings. The third-order valence-electron chi connectivity index (χ3n) is 2.36. The van der Waals surface area contributed by atoms with Crippen LogP contribution in [0.4, 0.5) is 4.39 Å². The number of rotatable bonds is 0. The van der Waals surface area contributed by atoms with Crippen LogP contribution in [-0.4, -0.2) is 6.17 Å². The Morgan fingerprint density at radius 2 is 1.89 bits per heavy atom. The predicted molar refractivity (Wildman–Crippen MR) is 37.1 cm³/mol. The van der Waals surface area contributed by atoms with Gasteiger partial charge in [0.05, 0.1) is 0 Å².